The van der Waals surface area contributed by atoms with Gasteiger partial charge < -0.3 is 0 Å². The minimum Gasteiger partial charge on any atom is -0.292 e. The number of rotatable bonds is 2. The molecule has 0 saturated carbocycles. The van der Waals surface area contributed by atoms with Crippen molar-refractivity contribution in [2.75, 3.05) is 0 Å². The number of hydrogen-bond donors (Lipinski definition) is 1. The van der Waals surface area contributed by atoms with Crippen molar-refractivity contribution in [3.05, 3.63) is 35.4 Å². The Hall–Kier alpha value is -1.64. The second-order valence-electron chi connectivity index (χ2n) is 4.12. The zero-order chi connectivity index (χ0) is 11.8. The average Bonchev–Trinajstić information content (AvgIpc) is 2.31. The van der Waals surface area contributed by atoms with Gasteiger partial charge in [0.1, 0.15) is 0 Å². The van der Waals surface area contributed by atoms with E-state index >= 15 is 0 Å². The van der Waals surface area contributed by atoms with Crippen LogP contribution in [0.2, 0.25) is 0 Å². The van der Waals surface area contributed by atoms with E-state index in [9.17, 15) is 9.59 Å². The summed E-state index contributed by atoms with van der Waals surface area (Å²) in [5.41, 5.74) is 0.962. The molecule has 3 heteroatoms. The quantitative estimate of drug-likeness (QED) is 0.770. The SMILES string of the molecule is CCC1(CC)C(=O)NC(=O)c2ccccc21. The Morgan fingerprint density at radius 1 is 1.12 bits per heavy atom. The molecule has 0 unspecified atom stereocenters. The third-order valence-electron chi connectivity index (χ3n) is 3.56. The molecule has 2 rings (SSSR count). The van der Waals surface area contributed by atoms with E-state index in [1.165, 1.54) is 0 Å². The first-order valence-corrected chi connectivity index (χ1v) is 5.61. The standard InChI is InChI=1S/C13H15NO2/c1-3-13(4-2)10-8-6-5-7-9(10)11(15)14-12(13)16/h5-8H,3-4H2,1-2H3,(H,14,15,16). The molecule has 0 radical (unpaired) electrons. The summed E-state index contributed by atoms with van der Waals surface area (Å²) in [5, 5.41) is 2.45. The average molecular weight is 217 g/mol. The van der Waals surface area contributed by atoms with Crippen molar-refractivity contribution in [2.24, 2.45) is 0 Å². The summed E-state index contributed by atoms with van der Waals surface area (Å²) >= 11 is 0. The molecule has 0 fully saturated rings. The van der Waals surface area contributed by atoms with Gasteiger partial charge in [-0.05, 0) is 24.5 Å². The Kier molecular flexibility index (Phi) is 2.54. The van der Waals surface area contributed by atoms with Crippen molar-refractivity contribution in [1.82, 2.24) is 5.32 Å². The highest BCUT2D eigenvalue weighted by Gasteiger charge is 2.43. The molecule has 1 aliphatic rings. The van der Waals surface area contributed by atoms with Crippen molar-refractivity contribution < 1.29 is 9.59 Å². The Morgan fingerprint density at radius 2 is 1.75 bits per heavy atom. The van der Waals surface area contributed by atoms with Crippen molar-refractivity contribution in [3.8, 4) is 0 Å². The second-order valence-corrected chi connectivity index (χ2v) is 4.12. The Labute approximate surface area is 94.9 Å². The Bertz CT molecular complexity index is 447. The van der Waals surface area contributed by atoms with Crippen molar-refractivity contribution in [2.45, 2.75) is 32.1 Å². The largest absolute Gasteiger partial charge is 0.292 e. The number of hydrogen-bond acceptors (Lipinski definition) is 2. The molecule has 84 valence electrons. The first-order chi connectivity index (χ1) is 7.65. The summed E-state index contributed by atoms with van der Waals surface area (Å²) in [4.78, 5) is 23.7. The Balaban J connectivity index is 2.68. The molecule has 0 bridgehead atoms. The number of amides is 2. The van der Waals surface area contributed by atoms with Crippen LogP contribution in [-0.4, -0.2) is 11.8 Å². The van der Waals surface area contributed by atoms with Gasteiger partial charge >= 0.3 is 0 Å². The van der Waals surface area contributed by atoms with E-state index < -0.39 is 5.41 Å². The van der Waals surface area contributed by atoms with Gasteiger partial charge in [0.25, 0.3) is 5.91 Å². The number of carbonyl (C=O) groups is 2. The normalized spacial score (nSPS) is 17.9. The molecule has 2 amide bonds. The van der Waals surface area contributed by atoms with Gasteiger partial charge in [0.15, 0.2) is 0 Å². The number of carbonyl (C=O) groups excluding carboxylic acids is 2. The van der Waals surface area contributed by atoms with Crippen LogP contribution in [0, 0.1) is 0 Å². The molecule has 0 spiro atoms. The number of fused-ring (bicyclic) bond motifs is 1. The van der Waals surface area contributed by atoms with E-state index in [2.05, 4.69) is 5.32 Å². The summed E-state index contributed by atoms with van der Waals surface area (Å²) in [6.07, 6.45) is 1.42. The van der Waals surface area contributed by atoms with Crippen molar-refractivity contribution in [1.29, 1.82) is 0 Å². The van der Waals surface area contributed by atoms with Crippen LogP contribution in [0.4, 0.5) is 0 Å². The fourth-order valence-electron chi connectivity index (χ4n) is 2.46. The van der Waals surface area contributed by atoms with Gasteiger partial charge in [-0.15, -0.1) is 0 Å². The summed E-state index contributed by atoms with van der Waals surface area (Å²) in [5.74, 6) is -0.445. The predicted molar refractivity (Wildman–Crippen MR) is 61.2 cm³/mol. The third kappa shape index (κ3) is 1.28. The fourth-order valence-corrected chi connectivity index (χ4v) is 2.46. The lowest BCUT2D eigenvalue weighted by Crippen LogP contribution is -2.51. The first-order valence-electron chi connectivity index (χ1n) is 5.61. The maximum absolute atomic E-state index is 12.0. The maximum Gasteiger partial charge on any atom is 0.258 e. The van der Waals surface area contributed by atoms with Crippen molar-refractivity contribution in [3.63, 3.8) is 0 Å². The smallest absolute Gasteiger partial charge is 0.258 e. The lowest BCUT2D eigenvalue weighted by Gasteiger charge is -2.35. The highest BCUT2D eigenvalue weighted by molar-refractivity contribution is 6.13. The number of benzene rings is 1. The molecule has 1 aliphatic heterocycles. The number of imide groups is 1. The van der Waals surface area contributed by atoms with Crippen LogP contribution in [0.15, 0.2) is 24.3 Å². The van der Waals surface area contributed by atoms with Gasteiger partial charge in [-0.1, -0.05) is 32.0 Å². The maximum atomic E-state index is 12.0. The summed E-state index contributed by atoms with van der Waals surface area (Å²) in [6.45, 7) is 3.96. The van der Waals surface area contributed by atoms with E-state index in [-0.39, 0.29) is 11.8 Å². The second kappa shape index (κ2) is 3.74. The minimum atomic E-state index is -0.537. The summed E-state index contributed by atoms with van der Waals surface area (Å²) < 4.78 is 0. The van der Waals surface area contributed by atoms with E-state index in [4.69, 9.17) is 0 Å². The molecule has 3 nitrogen and oxygen atoms in total. The van der Waals surface area contributed by atoms with Crippen LogP contribution < -0.4 is 5.32 Å². The van der Waals surface area contributed by atoms with Gasteiger partial charge in [-0.3, -0.25) is 14.9 Å². The molecule has 0 aromatic heterocycles. The molecular formula is C13H15NO2. The van der Waals surface area contributed by atoms with E-state index in [0.717, 1.165) is 5.56 Å². The van der Waals surface area contributed by atoms with Crippen LogP contribution in [0.5, 0.6) is 0 Å². The molecular weight excluding hydrogens is 202 g/mol. The van der Waals surface area contributed by atoms with Crippen LogP contribution in [-0.2, 0) is 10.2 Å². The van der Waals surface area contributed by atoms with Gasteiger partial charge in [-0.2, -0.15) is 0 Å². The van der Waals surface area contributed by atoms with Crippen molar-refractivity contribution >= 4 is 11.8 Å². The highest BCUT2D eigenvalue weighted by Crippen LogP contribution is 2.36. The molecule has 1 aromatic carbocycles. The van der Waals surface area contributed by atoms with E-state index in [0.29, 0.717) is 18.4 Å². The molecule has 0 aliphatic carbocycles. The summed E-state index contributed by atoms with van der Waals surface area (Å²) in [7, 11) is 0. The van der Waals surface area contributed by atoms with Crippen LogP contribution in [0.1, 0.15) is 42.6 Å². The molecule has 0 saturated heterocycles. The van der Waals surface area contributed by atoms with Gasteiger partial charge in [0.05, 0.1) is 5.41 Å². The van der Waals surface area contributed by atoms with Crippen LogP contribution in [0.25, 0.3) is 0 Å². The third-order valence-corrected chi connectivity index (χ3v) is 3.56. The predicted octanol–water partition coefficient (Wildman–Crippen LogP) is 2.01. The van der Waals surface area contributed by atoms with Gasteiger partial charge in [-0.25, -0.2) is 0 Å². The molecule has 0 atom stereocenters. The van der Waals surface area contributed by atoms with Gasteiger partial charge in [0.2, 0.25) is 5.91 Å². The molecule has 1 N–H and O–H groups in total. The summed E-state index contributed by atoms with van der Waals surface area (Å²) in [6, 6.07) is 7.37. The monoisotopic (exact) mass is 217 g/mol. The van der Waals surface area contributed by atoms with E-state index in [1.807, 2.05) is 32.0 Å². The zero-order valence-corrected chi connectivity index (χ0v) is 9.54. The van der Waals surface area contributed by atoms with Crippen LogP contribution in [0.3, 0.4) is 0 Å². The lowest BCUT2D eigenvalue weighted by atomic mass is 9.71. The van der Waals surface area contributed by atoms with Gasteiger partial charge in [0, 0.05) is 5.56 Å². The lowest BCUT2D eigenvalue weighted by molar-refractivity contribution is -0.126. The van der Waals surface area contributed by atoms with E-state index in [1.54, 1.807) is 6.07 Å². The zero-order valence-electron chi connectivity index (χ0n) is 9.54. The molecule has 16 heavy (non-hydrogen) atoms. The fraction of sp³-hybridized carbons (Fsp3) is 0.385. The Morgan fingerprint density at radius 3 is 2.38 bits per heavy atom. The first kappa shape index (κ1) is 10.9. The number of nitrogens with one attached hydrogen (secondary N) is 1. The molecule has 1 aromatic rings. The minimum absolute atomic E-state index is 0.166. The topological polar surface area (TPSA) is 46.2 Å². The molecule has 1 heterocycles. The highest BCUT2D eigenvalue weighted by atomic mass is 16.2. The van der Waals surface area contributed by atoms with Crippen LogP contribution >= 0.6 is 0 Å².